The fourth-order valence-electron chi connectivity index (χ4n) is 2.56. The summed E-state index contributed by atoms with van der Waals surface area (Å²) in [6, 6.07) is 10.3. The van der Waals surface area contributed by atoms with Crippen LogP contribution in [0.3, 0.4) is 0 Å². The maximum absolute atomic E-state index is 12.3. The molecule has 2 aromatic carbocycles. The quantitative estimate of drug-likeness (QED) is 0.565. The fourth-order valence-corrected chi connectivity index (χ4v) is 3.06. The first-order valence-electron chi connectivity index (χ1n) is 8.41. The molecule has 3 rings (SSSR count). The molecular weight excluding hydrogens is 403 g/mol. The van der Waals surface area contributed by atoms with Gasteiger partial charge in [-0.05, 0) is 18.2 Å². The van der Waals surface area contributed by atoms with Crippen LogP contribution in [0.15, 0.2) is 47.0 Å². The molecule has 0 unspecified atom stereocenters. The second-order valence-electron chi connectivity index (χ2n) is 5.89. The number of aryl methyl sites for hydroxylation is 1. The highest BCUT2D eigenvalue weighted by Crippen LogP contribution is 2.31. The van der Waals surface area contributed by atoms with Gasteiger partial charge in [-0.1, -0.05) is 23.2 Å². The molecule has 6 nitrogen and oxygen atoms in total. The van der Waals surface area contributed by atoms with Gasteiger partial charge < -0.3 is 19.2 Å². The van der Waals surface area contributed by atoms with E-state index < -0.39 is 0 Å². The summed E-state index contributed by atoms with van der Waals surface area (Å²) in [5, 5.41) is 3.82. The van der Waals surface area contributed by atoms with Gasteiger partial charge in [-0.2, -0.15) is 0 Å². The van der Waals surface area contributed by atoms with E-state index in [1.54, 1.807) is 56.8 Å². The Kier molecular flexibility index (Phi) is 6.44. The predicted molar refractivity (Wildman–Crippen MR) is 108 cm³/mol. The summed E-state index contributed by atoms with van der Waals surface area (Å²) < 4.78 is 16.1. The molecule has 0 saturated heterocycles. The zero-order valence-corrected chi connectivity index (χ0v) is 16.8. The van der Waals surface area contributed by atoms with Crippen LogP contribution < -0.4 is 14.8 Å². The number of anilines is 1. The lowest BCUT2D eigenvalue weighted by Crippen LogP contribution is -2.12. The first-order valence-corrected chi connectivity index (χ1v) is 9.17. The number of hydrogen-bond acceptors (Lipinski definition) is 5. The molecule has 1 heterocycles. The molecule has 0 bridgehead atoms. The lowest BCUT2D eigenvalue weighted by Gasteiger charge is -2.09. The van der Waals surface area contributed by atoms with Gasteiger partial charge in [-0.25, -0.2) is 4.98 Å². The van der Waals surface area contributed by atoms with Crippen LogP contribution in [0.4, 0.5) is 5.69 Å². The number of carbonyl (C=O) groups is 1. The van der Waals surface area contributed by atoms with Crippen molar-refractivity contribution in [2.24, 2.45) is 0 Å². The molecule has 0 aliphatic rings. The van der Waals surface area contributed by atoms with Crippen molar-refractivity contribution in [3.05, 3.63) is 58.5 Å². The van der Waals surface area contributed by atoms with Gasteiger partial charge >= 0.3 is 0 Å². The van der Waals surface area contributed by atoms with Crippen molar-refractivity contribution in [1.29, 1.82) is 0 Å². The first kappa shape index (κ1) is 20.0. The van der Waals surface area contributed by atoms with E-state index in [-0.39, 0.29) is 12.3 Å². The number of nitrogens with one attached hydrogen (secondary N) is 1. The van der Waals surface area contributed by atoms with Crippen molar-refractivity contribution < 1.29 is 18.7 Å². The predicted octanol–water partition coefficient (Wildman–Crippen LogP) is 5.24. The second-order valence-corrected chi connectivity index (χ2v) is 6.74. The first-order chi connectivity index (χ1) is 13.5. The van der Waals surface area contributed by atoms with Crippen LogP contribution in [0.5, 0.6) is 11.5 Å². The molecule has 0 aliphatic heterocycles. The van der Waals surface area contributed by atoms with Crippen LogP contribution in [0, 0.1) is 0 Å². The molecule has 3 aromatic rings. The molecule has 0 saturated carbocycles. The molecule has 0 spiro atoms. The van der Waals surface area contributed by atoms with Gasteiger partial charge in [0.25, 0.3) is 0 Å². The number of halogens is 2. The molecule has 1 N–H and O–H groups in total. The maximum Gasteiger partial charge on any atom is 0.224 e. The molecule has 146 valence electrons. The zero-order valence-electron chi connectivity index (χ0n) is 15.3. The monoisotopic (exact) mass is 420 g/mol. The number of benzene rings is 2. The smallest absolute Gasteiger partial charge is 0.224 e. The van der Waals surface area contributed by atoms with Crippen LogP contribution in [0.25, 0.3) is 11.3 Å². The van der Waals surface area contributed by atoms with Crippen molar-refractivity contribution in [3.8, 4) is 22.8 Å². The highest BCUT2D eigenvalue weighted by atomic mass is 35.5. The third-order valence-electron chi connectivity index (χ3n) is 3.95. The Bertz CT molecular complexity index is 966. The van der Waals surface area contributed by atoms with Crippen molar-refractivity contribution in [2.75, 3.05) is 19.5 Å². The highest BCUT2D eigenvalue weighted by molar-refractivity contribution is 6.36. The van der Waals surface area contributed by atoms with Gasteiger partial charge in [-0.3, -0.25) is 4.79 Å². The second kappa shape index (κ2) is 8.99. The SMILES string of the molecule is COc1cc(NC(=O)CCc2ncc(-c3ccc(Cl)cc3Cl)o2)cc(OC)c1. The molecule has 0 aliphatic carbocycles. The minimum Gasteiger partial charge on any atom is -0.497 e. The lowest BCUT2D eigenvalue weighted by molar-refractivity contribution is -0.116. The van der Waals surface area contributed by atoms with Crippen molar-refractivity contribution in [3.63, 3.8) is 0 Å². The fraction of sp³-hybridized carbons (Fsp3) is 0.200. The summed E-state index contributed by atoms with van der Waals surface area (Å²) in [6.07, 6.45) is 2.13. The van der Waals surface area contributed by atoms with Gasteiger partial charge in [0.2, 0.25) is 5.91 Å². The Morgan fingerprint density at radius 3 is 2.46 bits per heavy atom. The van der Waals surface area contributed by atoms with Gasteiger partial charge in [0.05, 0.1) is 25.4 Å². The summed E-state index contributed by atoms with van der Waals surface area (Å²) in [5.41, 5.74) is 1.28. The van der Waals surface area contributed by atoms with Crippen LogP contribution in [0.1, 0.15) is 12.3 Å². The average Bonchev–Trinajstić information content (AvgIpc) is 3.14. The summed E-state index contributed by atoms with van der Waals surface area (Å²) in [6.45, 7) is 0. The van der Waals surface area contributed by atoms with Crippen LogP contribution in [-0.2, 0) is 11.2 Å². The minimum absolute atomic E-state index is 0.181. The summed E-state index contributed by atoms with van der Waals surface area (Å²) in [4.78, 5) is 16.5. The number of hydrogen-bond donors (Lipinski definition) is 1. The van der Waals surface area contributed by atoms with Crippen LogP contribution in [-0.4, -0.2) is 25.1 Å². The number of aromatic nitrogens is 1. The van der Waals surface area contributed by atoms with Crippen molar-refractivity contribution in [2.45, 2.75) is 12.8 Å². The van der Waals surface area contributed by atoms with E-state index in [2.05, 4.69) is 10.3 Å². The molecule has 0 fully saturated rings. The van der Waals surface area contributed by atoms with E-state index in [0.717, 1.165) is 0 Å². The zero-order chi connectivity index (χ0) is 20.1. The molecular formula is C20H18Cl2N2O4. The van der Waals surface area contributed by atoms with E-state index in [1.807, 2.05) is 0 Å². The Morgan fingerprint density at radius 1 is 1.11 bits per heavy atom. The Morgan fingerprint density at radius 2 is 1.82 bits per heavy atom. The number of methoxy groups -OCH3 is 2. The molecule has 1 aromatic heterocycles. The average molecular weight is 421 g/mol. The summed E-state index contributed by atoms with van der Waals surface area (Å²) in [5.74, 6) is 1.97. The van der Waals surface area contributed by atoms with Crippen LogP contribution in [0.2, 0.25) is 10.0 Å². The van der Waals surface area contributed by atoms with E-state index in [1.165, 1.54) is 0 Å². The lowest BCUT2D eigenvalue weighted by atomic mass is 10.2. The van der Waals surface area contributed by atoms with Gasteiger partial charge in [0.15, 0.2) is 11.7 Å². The standard InChI is InChI=1S/C20H18Cl2N2O4/c1-26-14-8-13(9-15(10-14)27-2)24-19(25)5-6-20-23-11-18(28-20)16-4-3-12(21)7-17(16)22/h3-4,7-11H,5-6H2,1-2H3,(H,24,25). The van der Waals surface area contributed by atoms with Crippen LogP contribution >= 0.6 is 23.2 Å². The van der Waals surface area contributed by atoms with Crippen molar-refractivity contribution >= 4 is 34.8 Å². The number of rotatable bonds is 7. The summed E-state index contributed by atoms with van der Waals surface area (Å²) >= 11 is 12.1. The number of carbonyl (C=O) groups excluding carboxylic acids is 1. The van der Waals surface area contributed by atoms with E-state index in [4.69, 9.17) is 37.1 Å². The number of ether oxygens (including phenoxy) is 2. The molecule has 8 heteroatoms. The Balaban J connectivity index is 1.62. The number of nitrogens with zero attached hydrogens (tertiary/aromatic N) is 1. The number of amides is 1. The van der Waals surface area contributed by atoms with E-state index in [9.17, 15) is 4.79 Å². The third-order valence-corrected chi connectivity index (χ3v) is 4.50. The Labute approximate surface area is 172 Å². The molecule has 0 radical (unpaired) electrons. The van der Waals surface area contributed by atoms with E-state index >= 15 is 0 Å². The number of oxazole rings is 1. The largest absolute Gasteiger partial charge is 0.497 e. The normalized spacial score (nSPS) is 10.6. The van der Waals surface area contributed by atoms with Crippen molar-refractivity contribution in [1.82, 2.24) is 4.98 Å². The van der Waals surface area contributed by atoms with Gasteiger partial charge in [-0.15, -0.1) is 0 Å². The molecule has 1 amide bonds. The highest BCUT2D eigenvalue weighted by Gasteiger charge is 2.12. The molecule has 0 atom stereocenters. The topological polar surface area (TPSA) is 73.6 Å². The Hall–Kier alpha value is -2.70. The summed E-state index contributed by atoms with van der Waals surface area (Å²) in [7, 11) is 3.10. The van der Waals surface area contributed by atoms with E-state index in [0.29, 0.717) is 50.9 Å². The van der Waals surface area contributed by atoms with Gasteiger partial charge in [0.1, 0.15) is 11.5 Å². The third kappa shape index (κ3) is 4.97. The van der Waals surface area contributed by atoms with Gasteiger partial charge in [0, 0.05) is 47.3 Å². The molecule has 28 heavy (non-hydrogen) atoms. The maximum atomic E-state index is 12.3. The minimum atomic E-state index is -0.181.